The summed E-state index contributed by atoms with van der Waals surface area (Å²) in [6, 6.07) is 1.93. The molecule has 1 aromatic heterocycles. The molecule has 76 valence electrons. The van der Waals surface area contributed by atoms with Crippen LogP contribution in [0.15, 0.2) is 16.7 Å². The number of halogens is 3. The minimum atomic E-state index is -3.02. The molecule has 0 bridgehead atoms. The molecule has 0 unspecified atom stereocenters. The van der Waals surface area contributed by atoms with Crippen molar-refractivity contribution in [2.45, 2.75) is 6.61 Å². The van der Waals surface area contributed by atoms with Crippen molar-refractivity contribution in [3.05, 3.63) is 26.9 Å². The minimum absolute atomic E-state index is 0.0577. The van der Waals surface area contributed by atoms with Crippen LogP contribution in [0.3, 0.4) is 0 Å². The van der Waals surface area contributed by atoms with E-state index in [0.29, 0.717) is 0 Å². The second kappa shape index (κ2) is 4.27. The molecule has 0 N–H and O–H groups in total. The summed E-state index contributed by atoms with van der Waals surface area (Å²) in [5, 5.41) is 10.3. The Bertz CT molecular complexity index is 361. The zero-order chi connectivity index (χ0) is 10.7. The van der Waals surface area contributed by atoms with Gasteiger partial charge in [-0.2, -0.15) is 8.78 Å². The van der Waals surface area contributed by atoms with Gasteiger partial charge in [0.25, 0.3) is 0 Å². The second-order valence-corrected chi connectivity index (χ2v) is 2.93. The summed E-state index contributed by atoms with van der Waals surface area (Å²) in [6.45, 7) is -3.02. The third-order valence-corrected chi connectivity index (χ3v) is 1.57. The Morgan fingerprint density at radius 1 is 1.57 bits per heavy atom. The van der Waals surface area contributed by atoms with Gasteiger partial charge in [0, 0.05) is 22.0 Å². The lowest BCUT2D eigenvalue weighted by Crippen LogP contribution is -2.03. The van der Waals surface area contributed by atoms with E-state index < -0.39 is 17.4 Å². The molecule has 0 amide bonds. The van der Waals surface area contributed by atoms with Crippen molar-refractivity contribution in [2.75, 3.05) is 0 Å². The van der Waals surface area contributed by atoms with Gasteiger partial charge in [-0.1, -0.05) is 0 Å². The van der Waals surface area contributed by atoms with Crippen LogP contribution < -0.4 is 4.74 Å². The molecule has 0 saturated heterocycles. The predicted octanol–water partition coefficient (Wildman–Crippen LogP) is 2.35. The van der Waals surface area contributed by atoms with Crippen LogP contribution in [0.5, 0.6) is 5.75 Å². The Kier molecular flexibility index (Phi) is 3.28. The monoisotopic (exact) mass is 268 g/mol. The van der Waals surface area contributed by atoms with Crippen molar-refractivity contribution >= 4 is 21.7 Å². The molecule has 0 aromatic carbocycles. The Morgan fingerprint density at radius 2 is 2.21 bits per heavy atom. The minimum Gasteiger partial charge on any atom is -0.434 e. The van der Waals surface area contributed by atoms with Crippen LogP contribution in [-0.4, -0.2) is 16.5 Å². The van der Waals surface area contributed by atoms with Gasteiger partial charge in [0.05, 0.1) is 6.07 Å². The SMILES string of the molecule is O=[N+]([O-])c1cc(OC(F)F)cc(Br)n1. The average molecular weight is 269 g/mol. The number of aromatic nitrogens is 1. The maximum Gasteiger partial charge on any atom is 0.387 e. The van der Waals surface area contributed by atoms with Gasteiger partial charge in [-0.05, 0) is 9.91 Å². The fourth-order valence-electron chi connectivity index (χ4n) is 0.725. The van der Waals surface area contributed by atoms with Crippen LogP contribution in [-0.2, 0) is 0 Å². The first kappa shape index (κ1) is 10.8. The van der Waals surface area contributed by atoms with Crippen LogP contribution >= 0.6 is 15.9 Å². The highest BCUT2D eigenvalue weighted by atomic mass is 79.9. The van der Waals surface area contributed by atoms with Crippen LogP contribution in [0.1, 0.15) is 0 Å². The molecule has 0 spiro atoms. The second-order valence-electron chi connectivity index (χ2n) is 2.12. The number of rotatable bonds is 3. The van der Waals surface area contributed by atoms with Gasteiger partial charge >= 0.3 is 12.4 Å². The van der Waals surface area contributed by atoms with Crippen molar-refractivity contribution in [3.63, 3.8) is 0 Å². The molecule has 8 heteroatoms. The molecular formula is C6H3BrF2N2O3. The summed E-state index contributed by atoms with van der Waals surface area (Å²) >= 11 is 2.83. The highest BCUT2D eigenvalue weighted by Gasteiger charge is 2.14. The fraction of sp³-hybridized carbons (Fsp3) is 0.167. The normalized spacial score (nSPS) is 10.3. The van der Waals surface area contributed by atoms with Crippen LogP contribution in [0.25, 0.3) is 0 Å². The van der Waals surface area contributed by atoms with E-state index in [0.717, 1.165) is 12.1 Å². The Balaban J connectivity index is 3.01. The third-order valence-electron chi connectivity index (χ3n) is 1.17. The number of nitro groups is 1. The predicted molar refractivity (Wildman–Crippen MR) is 45.2 cm³/mol. The van der Waals surface area contributed by atoms with E-state index in [2.05, 4.69) is 25.7 Å². The lowest BCUT2D eigenvalue weighted by Gasteiger charge is -2.02. The number of ether oxygens (including phenoxy) is 1. The Labute approximate surface area is 85.0 Å². The van der Waals surface area contributed by atoms with Gasteiger partial charge in [0.2, 0.25) is 4.60 Å². The molecule has 14 heavy (non-hydrogen) atoms. The maximum absolute atomic E-state index is 11.8. The molecule has 0 fully saturated rings. The highest BCUT2D eigenvalue weighted by molar-refractivity contribution is 9.10. The number of alkyl halides is 2. The lowest BCUT2D eigenvalue weighted by atomic mass is 10.4. The van der Waals surface area contributed by atoms with Crippen molar-refractivity contribution in [3.8, 4) is 5.75 Å². The molecule has 0 aliphatic heterocycles. The smallest absolute Gasteiger partial charge is 0.387 e. The summed E-state index contributed by atoms with van der Waals surface area (Å²) in [5.74, 6) is -0.872. The zero-order valence-electron chi connectivity index (χ0n) is 6.49. The van der Waals surface area contributed by atoms with E-state index in [-0.39, 0.29) is 10.4 Å². The van der Waals surface area contributed by atoms with Gasteiger partial charge in [0.1, 0.15) is 5.75 Å². The van der Waals surface area contributed by atoms with Gasteiger partial charge < -0.3 is 14.9 Å². The quantitative estimate of drug-likeness (QED) is 0.480. The van der Waals surface area contributed by atoms with Crippen molar-refractivity contribution in [1.82, 2.24) is 4.98 Å². The van der Waals surface area contributed by atoms with Crippen molar-refractivity contribution in [1.29, 1.82) is 0 Å². The lowest BCUT2D eigenvalue weighted by molar-refractivity contribution is -0.389. The molecule has 1 aromatic rings. The number of pyridine rings is 1. The molecular weight excluding hydrogens is 266 g/mol. The van der Waals surface area contributed by atoms with E-state index in [9.17, 15) is 18.9 Å². The molecule has 5 nitrogen and oxygen atoms in total. The highest BCUT2D eigenvalue weighted by Crippen LogP contribution is 2.23. The summed E-state index contributed by atoms with van der Waals surface area (Å²) < 4.78 is 27.6. The van der Waals surface area contributed by atoms with E-state index in [1.807, 2.05) is 0 Å². The first-order valence-electron chi connectivity index (χ1n) is 3.26. The van der Waals surface area contributed by atoms with Crippen LogP contribution in [0, 0.1) is 10.1 Å². The first-order chi connectivity index (χ1) is 6.49. The summed E-state index contributed by atoms with van der Waals surface area (Å²) in [5.41, 5.74) is 0. The summed E-state index contributed by atoms with van der Waals surface area (Å²) in [7, 11) is 0. The largest absolute Gasteiger partial charge is 0.434 e. The van der Waals surface area contributed by atoms with E-state index in [1.54, 1.807) is 0 Å². The maximum atomic E-state index is 11.8. The Morgan fingerprint density at radius 3 is 2.71 bits per heavy atom. The standard InChI is InChI=1S/C6H3BrF2N2O3/c7-4-1-3(14-6(8)9)2-5(10-4)11(12)13/h1-2,6H. The van der Waals surface area contributed by atoms with Gasteiger partial charge in [0.15, 0.2) is 0 Å². The molecule has 0 saturated carbocycles. The Hall–Kier alpha value is -1.31. The number of hydrogen-bond acceptors (Lipinski definition) is 4. The van der Waals surface area contributed by atoms with Gasteiger partial charge in [-0.3, -0.25) is 0 Å². The van der Waals surface area contributed by atoms with E-state index in [4.69, 9.17) is 0 Å². The third kappa shape index (κ3) is 2.87. The molecule has 0 aliphatic rings. The molecule has 0 radical (unpaired) electrons. The fourth-order valence-corrected chi connectivity index (χ4v) is 1.13. The molecule has 1 heterocycles. The van der Waals surface area contributed by atoms with Crippen molar-refractivity contribution < 1.29 is 18.4 Å². The van der Waals surface area contributed by atoms with Crippen molar-refractivity contribution in [2.24, 2.45) is 0 Å². The van der Waals surface area contributed by atoms with E-state index >= 15 is 0 Å². The van der Waals surface area contributed by atoms with Gasteiger partial charge in [-0.15, -0.1) is 0 Å². The first-order valence-corrected chi connectivity index (χ1v) is 4.05. The summed E-state index contributed by atoms with van der Waals surface area (Å²) in [6.07, 6.45) is 0. The number of nitrogens with zero attached hydrogens (tertiary/aromatic N) is 2. The average Bonchev–Trinajstić information content (AvgIpc) is 2.01. The topological polar surface area (TPSA) is 65.3 Å². The van der Waals surface area contributed by atoms with Crippen LogP contribution in [0.2, 0.25) is 0 Å². The molecule has 0 aliphatic carbocycles. The van der Waals surface area contributed by atoms with E-state index in [1.165, 1.54) is 0 Å². The van der Waals surface area contributed by atoms with Crippen LogP contribution in [0.4, 0.5) is 14.6 Å². The van der Waals surface area contributed by atoms with Gasteiger partial charge in [-0.25, -0.2) is 0 Å². The molecule has 0 atom stereocenters. The zero-order valence-corrected chi connectivity index (χ0v) is 8.07. The molecule has 1 rings (SSSR count). The number of hydrogen-bond donors (Lipinski definition) is 0. The summed E-state index contributed by atoms with van der Waals surface area (Å²) in [4.78, 5) is 12.9.